The van der Waals surface area contributed by atoms with Crippen LogP contribution in [0.15, 0.2) is 29.0 Å². The summed E-state index contributed by atoms with van der Waals surface area (Å²) in [6.07, 6.45) is 3.06. The van der Waals surface area contributed by atoms with Gasteiger partial charge in [0.15, 0.2) is 0 Å². The summed E-state index contributed by atoms with van der Waals surface area (Å²) >= 11 is 3.13. The molecule has 0 saturated heterocycles. The van der Waals surface area contributed by atoms with E-state index < -0.39 is 0 Å². The molecule has 0 spiro atoms. The highest BCUT2D eigenvalue weighted by Crippen LogP contribution is 2.21. The molecule has 1 atom stereocenters. The lowest BCUT2D eigenvalue weighted by atomic mass is 10.0. The molecule has 0 bridgehead atoms. The molecule has 0 fully saturated rings. The second-order valence-electron chi connectivity index (χ2n) is 4.38. The van der Waals surface area contributed by atoms with Crippen molar-refractivity contribution in [2.75, 3.05) is 0 Å². The normalized spacial score (nSPS) is 12.6. The molecule has 1 unspecified atom stereocenters. The van der Waals surface area contributed by atoms with E-state index in [1.54, 1.807) is 6.07 Å². The van der Waals surface area contributed by atoms with Gasteiger partial charge >= 0.3 is 0 Å². The topological polar surface area (TPSA) is 56.7 Å². The van der Waals surface area contributed by atoms with Crippen LogP contribution in [0.25, 0.3) is 0 Å². The Bertz CT molecular complexity index is 555. The molecule has 4 nitrogen and oxygen atoms in total. The summed E-state index contributed by atoms with van der Waals surface area (Å²) < 4.78 is 15.8. The average molecular weight is 327 g/mol. The summed E-state index contributed by atoms with van der Waals surface area (Å²) in [5.74, 6) is 0.528. The number of rotatable bonds is 5. The molecular weight excluding hydrogens is 311 g/mol. The van der Waals surface area contributed by atoms with Crippen LogP contribution in [0.1, 0.15) is 30.8 Å². The van der Waals surface area contributed by atoms with Crippen LogP contribution < -0.4 is 5.73 Å². The monoisotopic (exact) mass is 326 g/mol. The van der Waals surface area contributed by atoms with Crippen molar-refractivity contribution in [1.29, 1.82) is 0 Å². The maximum absolute atomic E-state index is 13.5. The van der Waals surface area contributed by atoms with E-state index in [1.165, 1.54) is 12.4 Å². The van der Waals surface area contributed by atoms with Crippen molar-refractivity contribution in [3.8, 4) is 0 Å². The minimum absolute atomic E-state index is 0.289. The van der Waals surface area contributed by atoms with Gasteiger partial charge in [-0.25, -0.2) is 9.37 Å². The molecule has 0 radical (unpaired) electrons. The summed E-state index contributed by atoms with van der Waals surface area (Å²) in [6, 6.07) is 4.65. The van der Waals surface area contributed by atoms with Gasteiger partial charge in [-0.05, 0) is 40.0 Å². The summed E-state index contributed by atoms with van der Waals surface area (Å²) in [5, 5.41) is 4.15. The van der Waals surface area contributed by atoms with Crippen LogP contribution in [-0.4, -0.2) is 14.8 Å². The van der Waals surface area contributed by atoms with Crippen molar-refractivity contribution >= 4 is 15.9 Å². The molecule has 1 heterocycles. The van der Waals surface area contributed by atoms with E-state index in [9.17, 15) is 4.39 Å². The van der Waals surface area contributed by atoms with E-state index in [4.69, 9.17) is 5.73 Å². The van der Waals surface area contributed by atoms with Crippen molar-refractivity contribution in [1.82, 2.24) is 14.8 Å². The van der Waals surface area contributed by atoms with Crippen molar-refractivity contribution in [3.05, 3.63) is 46.2 Å². The van der Waals surface area contributed by atoms with Gasteiger partial charge in [0.25, 0.3) is 0 Å². The molecule has 0 aliphatic heterocycles. The fourth-order valence-corrected chi connectivity index (χ4v) is 2.15. The highest BCUT2D eigenvalue weighted by molar-refractivity contribution is 9.10. The Morgan fingerprint density at radius 2 is 2.26 bits per heavy atom. The fourth-order valence-electron chi connectivity index (χ4n) is 1.90. The Morgan fingerprint density at radius 1 is 1.47 bits per heavy atom. The van der Waals surface area contributed by atoms with Gasteiger partial charge in [-0.15, -0.1) is 0 Å². The second kappa shape index (κ2) is 6.25. The molecule has 1 aromatic carbocycles. The van der Waals surface area contributed by atoms with Crippen LogP contribution in [0.5, 0.6) is 0 Å². The minimum Gasteiger partial charge on any atom is -0.324 e. The standard InChI is InChI=1S/C13H16BrFN4/c1-2-5-19-13(17-8-18-19)7-12(16)9-3-4-10(14)11(15)6-9/h3-4,6,8,12H,2,5,7,16H2,1H3. The van der Waals surface area contributed by atoms with Gasteiger partial charge in [-0.1, -0.05) is 13.0 Å². The van der Waals surface area contributed by atoms with E-state index in [0.717, 1.165) is 24.4 Å². The van der Waals surface area contributed by atoms with Gasteiger partial charge in [0.1, 0.15) is 18.0 Å². The summed E-state index contributed by atoms with van der Waals surface area (Å²) in [6.45, 7) is 2.90. The third kappa shape index (κ3) is 3.39. The Labute approximate surface area is 120 Å². The summed E-state index contributed by atoms with van der Waals surface area (Å²) in [7, 11) is 0. The lowest BCUT2D eigenvalue weighted by Gasteiger charge is -2.13. The van der Waals surface area contributed by atoms with Crippen LogP contribution in [-0.2, 0) is 13.0 Å². The lowest BCUT2D eigenvalue weighted by Crippen LogP contribution is -2.17. The highest BCUT2D eigenvalue weighted by Gasteiger charge is 2.13. The molecule has 19 heavy (non-hydrogen) atoms. The number of nitrogens with two attached hydrogens (primary N) is 1. The smallest absolute Gasteiger partial charge is 0.138 e. The van der Waals surface area contributed by atoms with Gasteiger partial charge in [0.2, 0.25) is 0 Å². The SMILES string of the molecule is CCCn1ncnc1CC(N)c1ccc(Br)c(F)c1. The Kier molecular flexibility index (Phi) is 4.66. The zero-order chi connectivity index (χ0) is 13.8. The molecular formula is C13H16BrFN4. The van der Waals surface area contributed by atoms with Crippen LogP contribution in [0, 0.1) is 5.82 Å². The predicted molar refractivity (Wildman–Crippen MR) is 75.0 cm³/mol. The molecule has 2 N–H and O–H groups in total. The van der Waals surface area contributed by atoms with Gasteiger partial charge in [-0.3, -0.25) is 4.68 Å². The first-order valence-corrected chi connectivity index (χ1v) is 6.98. The Hall–Kier alpha value is -1.27. The Balaban J connectivity index is 2.13. The minimum atomic E-state index is -0.303. The van der Waals surface area contributed by atoms with Gasteiger partial charge in [-0.2, -0.15) is 5.10 Å². The fraction of sp³-hybridized carbons (Fsp3) is 0.385. The quantitative estimate of drug-likeness (QED) is 0.919. The molecule has 2 aromatic rings. The summed E-state index contributed by atoms with van der Waals surface area (Å²) in [4.78, 5) is 4.21. The number of halogens is 2. The van der Waals surface area contributed by atoms with Crippen molar-refractivity contribution in [2.45, 2.75) is 32.4 Å². The van der Waals surface area contributed by atoms with Gasteiger partial charge in [0.05, 0.1) is 4.47 Å². The first-order chi connectivity index (χ1) is 9.11. The molecule has 0 amide bonds. The van der Waals surface area contributed by atoms with Crippen LogP contribution >= 0.6 is 15.9 Å². The number of aromatic nitrogens is 3. The number of nitrogens with zero attached hydrogens (tertiary/aromatic N) is 3. The molecule has 0 aliphatic rings. The second-order valence-corrected chi connectivity index (χ2v) is 5.24. The molecule has 6 heteroatoms. The molecule has 2 rings (SSSR count). The van der Waals surface area contributed by atoms with Crippen LogP contribution in [0.3, 0.4) is 0 Å². The zero-order valence-corrected chi connectivity index (χ0v) is 12.3. The summed E-state index contributed by atoms with van der Waals surface area (Å²) in [5.41, 5.74) is 6.86. The molecule has 102 valence electrons. The largest absolute Gasteiger partial charge is 0.324 e. The maximum atomic E-state index is 13.5. The molecule has 0 aliphatic carbocycles. The van der Waals surface area contributed by atoms with Gasteiger partial charge < -0.3 is 5.73 Å². The number of benzene rings is 1. The van der Waals surface area contributed by atoms with Crippen LogP contribution in [0.4, 0.5) is 4.39 Å². The van der Waals surface area contributed by atoms with E-state index in [0.29, 0.717) is 10.9 Å². The van der Waals surface area contributed by atoms with Crippen LogP contribution in [0.2, 0.25) is 0 Å². The third-order valence-electron chi connectivity index (χ3n) is 2.91. The Morgan fingerprint density at radius 3 is 2.95 bits per heavy atom. The van der Waals surface area contributed by atoms with E-state index in [1.807, 2.05) is 10.7 Å². The van der Waals surface area contributed by atoms with Crippen molar-refractivity contribution in [2.24, 2.45) is 5.73 Å². The van der Waals surface area contributed by atoms with Gasteiger partial charge in [0, 0.05) is 19.0 Å². The highest BCUT2D eigenvalue weighted by atomic mass is 79.9. The van der Waals surface area contributed by atoms with E-state index >= 15 is 0 Å². The maximum Gasteiger partial charge on any atom is 0.138 e. The number of hydrogen-bond acceptors (Lipinski definition) is 3. The predicted octanol–water partition coefficient (Wildman–Crippen LogP) is 2.83. The first-order valence-electron chi connectivity index (χ1n) is 6.19. The van der Waals surface area contributed by atoms with Crippen molar-refractivity contribution < 1.29 is 4.39 Å². The third-order valence-corrected chi connectivity index (χ3v) is 3.55. The number of aryl methyl sites for hydroxylation is 1. The van der Waals surface area contributed by atoms with E-state index in [-0.39, 0.29) is 11.9 Å². The molecule has 0 saturated carbocycles. The first kappa shape index (κ1) is 14.1. The average Bonchev–Trinajstić information content (AvgIpc) is 2.80. The molecule has 1 aromatic heterocycles. The number of hydrogen-bond donors (Lipinski definition) is 1. The zero-order valence-electron chi connectivity index (χ0n) is 10.7. The van der Waals surface area contributed by atoms with Crippen molar-refractivity contribution in [3.63, 3.8) is 0 Å². The lowest BCUT2D eigenvalue weighted by molar-refractivity contribution is 0.546. The van der Waals surface area contributed by atoms with E-state index in [2.05, 4.69) is 32.9 Å².